The molecule has 0 amide bonds. The van der Waals surface area contributed by atoms with Crippen molar-refractivity contribution in [1.29, 1.82) is 0 Å². The number of halogens is 1. The fraction of sp³-hybridized carbons (Fsp3) is 0.167. The van der Waals surface area contributed by atoms with E-state index in [1.807, 2.05) is 43.5 Å². The molecule has 1 aromatic carbocycles. The van der Waals surface area contributed by atoms with Crippen LogP contribution < -0.4 is 10.6 Å². The molecule has 0 saturated carbocycles. The number of rotatable bonds is 5. The summed E-state index contributed by atoms with van der Waals surface area (Å²) in [5.41, 5.74) is 3.26. The second kappa shape index (κ2) is 7.40. The van der Waals surface area contributed by atoms with Crippen molar-refractivity contribution in [2.75, 3.05) is 10.6 Å². The molecule has 0 unspecified atom stereocenters. The van der Waals surface area contributed by atoms with Gasteiger partial charge in [-0.15, -0.1) is 0 Å². The molecule has 2 N–H and O–H groups in total. The van der Waals surface area contributed by atoms with E-state index in [0.717, 1.165) is 27.4 Å². The monoisotopic (exact) mass is 383 g/mol. The van der Waals surface area contributed by atoms with Crippen LogP contribution in [0.25, 0.3) is 0 Å². The Morgan fingerprint density at radius 3 is 2.62 bits per heavy atom. The lowest BCUT2D eigenvalue weighted by Crippen LogP contribution is -2.05. The third kappa shape index (κ3) is 4.29. The van der Waals surface area contributed by atoms with E-state index in [-0.39, 0.29) is 0 Å². The van der Waals surface area contributed by atoms with Gasteiger partial charge in [0, 0.05) is 35.2 Å². The summed E-state index contributed by atoms with van der Waals surface area (Å²) in [6, 6.07) is 12.0. The highest BCUT2D eigenvalue weighted by Crippen LogP contribution is 2.23. The number of anilines is 3. The van der Waals surface area contributed by atoms with Crippen LogP contribution in [0.1, 0.15) is 17.0 Å². The minimum absolute atomic E-state index is 0.668. The van der Waals surface area contributed by atoms with E-state index >= 15 is 0 Å². The van der Waals surface area contributed by atoms with Crippen LogP contribution in [0.3, 0.4) is 0 Å². The first kappa shape index (κ1) is 16.4. The van der Waals surface area contributed by atoms with Gasteiger partial charge in [0.1, 0.15) is 17.5 Å². The fourth-order valence-corrected chi connectivity index (χ4v) is 2.53. The van der Waals surface area contributed by atoms with E-state index in [1.165, 1.54) is 5.56 Å². The van der Waals surface area contributed by atoms with E-state index in [9.17, 15) is 0 Å². The standard InChI is InChI=1S/C18H18BrN5/c1-12-8-15(5-6-16(12)19)24-18-9-17(22-13(2)23-18)21-11-14-4-3-7-20-10-14/h3-10H,11H2,1-2H3,(H2,21,22,23,24). The zero-order valence-electron chi connectivity index (χ0n) is 13.5. The molecule has 5 nitrogen and oxygen atoms in total. The molecule has 122 valence electrons. The largest absolute Gasteiger partial charge is 0.366 e. The minimum atomic E-state index is 0.668. The van der Waals surface area contributed by atoms with E-state index in [0.29, 0.717) is 12.4 Å². The predicted molar refractivity (Wildman–Crippen MR) is 100 cm³/mol. The first-order valence-corrected chi connectivity index (χ1v) is 8.41. The third-order valence-corrected chi connectivity index (χ3v) is 4.35. The van der Waals surface area contributed by atoms with Crippen LogP contribution in [0.15, 0.2) is 53.3 Å². The summed E-state index contributed by atoms with van der Waals surface area (Å²) >= 11 is 3.51. The van der Waals surface area contributed by atoms with Gasteiger partial charge in [-0.2, -0.15) is 0 Å². The first-order valence-electron chi connectivity index (χ1n) is 7.62. The molecule has 0 spiro atoms. The van der Waals surface area contributed by atoms with E-state index in [2.05, 4.69) is 54.5 Å². The van der Waals surface area contributed by atoms with E-state index in [1.54, 1.807) is 6.20 Å². The van der Waals surface area contributed by atoms with Crippen LogP contribution in [0.5, 0.6) is 0 Å². The van der Waals surface area contributed by atoms with Crippen molar-refractivity contribution < 1.29 is 0 Å². The van der Waals surface area contributed by atoms with E-state index in [4.69, 9.17) is 0 Å². The van der Waals surface area contributed by atoms with Gasteiger partial charge in [-0.3, -0.25) is 4.98 Å². The molecule has 0 saturated heterocycles. The SMILES string of the molecule is Cc1nc(NCc2cccnc2)cc(Nc2ccc(Br)c(C)c2)n1. The van der Waals surface area contributed by atoms with Crippen LogP contribution in [-0.4, -0.2) is 15.0 Å². The van der Waals surface area contributed by atoms with Crippen LogP contribution >= 0.6 is 15.9 Å². The highest BCUT2D eigenvalue weighted by molar-refractivity contribution is 9.10. The molecule has 24 heavy (non-hydrogen) atoms. The Morgan fingerprint density at radius 2 is 1.88 bits per heavy atom. The lowest BCUT2D eigenvalue weighted by atomic mass is 10.2. The zero-order chi connectivity index (χ0) is 16.9. The molecule has 6 heteroatoms. The fourth-order valence-electron chi connectivity index (χ4n) is 2.29. The van der Waals surface area contributed by atoms with Crippen molar-refractivity contribution >= 4 is 33.3 Å². The summed E-state index contributed by atoms with van der Waals surface area (Å²) in [7, 11) is 0. The first-order chi connectivity index (χ1) is 11.6. The molecule has 0 aliphatic carbocycles. The maximum absolute atomic E-state index is 4.45. The Labute approximate surface area is 149 Å². The summed E-state index contributed by atoms with van der Waals surface area (Å²) in [5.74, 6) is 2.25. The molecular formula is C18H18BrN5. The average molecular weight is 384 g/mol. The summed E-state index contributed by atoms with van der Waals surface area (Å²) in [4.78, 5) is 13.0. The number of pyridine rings is 1. The molecule has 0 fully saturated rings. The highest BCUT2D eigenvalue weighted by atomic mass is 79.9. The zero-order valence-corrected chi connectivity index (χ0v) is 15.1. The van der Waals surface area contributed by atoms with E-state index < -0.39 is 0 Å². The number of hydrogen-bond donors (Lipinski definition) is 2. The molecule has 3 rings (SSSR count). The quantitative estimate of drug-likeness (QED) is 0.673. The van der Waals surface area contributed by atoms with Gasteiger partial charge in [0.25, 0.3) is 0 Å². The lowest BCUT2D eigenvalue weighted by molar-refractivity contribution is 1.02. The van der Waals surface area contributed by atoms with Crippen LogP contribution in [0, 0.1) is 13.8 Å². The normalized spacial score (nSPS) is 10.5. The van der Waals surface area contributed by atoms with Gasteiger partial charge in [-0.1, -0.05) is 22.0 Å². The van der Waals surface area contributed by atoms with Crippen LogP contribution in [0.4, 0.5) is 17.3 Å². The Bertz CT molecular complexity index is 836. The van der Waals surface area contributed by atoms with Crippen molar-refractivity contribution in [3.05, 3.63) is 70.2 Å². The summed E-state index contributed by atoms with van der Waals surface area (Å²) in [6.45, 7) is 4.61. The predicted octanol–water partition coefficient (Wildman–Crippen LogP) is 4.61. The molecule has 2 aromatic heterocycles. The van der Waals surface area contributed by atoms with Gasteiger partial charge < -0.3 is 10.6 Å². The summed E-state index contributed by atoms with van der Waals surface area (Å²) < 4.78 is 1.09. The van der Waals surface area contributed by atoms with Gasteiger partial charge >= 0.3 is 0 Å². The Morgan fingerprint density at radius 1 is 1.04 bits per heavy atom. The molecule has 0 radical (unpaired) electrons. The highest BCUT2D eigenvalue weighted by Gasteiger charge is 2.04. The van der Waals surface area contributed by atoms with Crippen molar-refractivity contribution in [3.63, 3.8) is 0 Å². The Kier molecular flexibility index (Phi) is 5.05. The molecule has 0 atom stereocenters. The smallest absolute Gasteiger partial charge is 0.136 e. The van der Waals surface area contributed by atoms with Crippen molar-refractivity contribution in [2.24, 2.45) is 0 Å². The van der Waals surface area contributed by atoms with Crippen molar-refractivity contribution in [3.8, 4) is 0 Å². The number of nitrogens with zero attached hydrogens (tertiary/aromatic N) is 3. The Balaban J connectivity index is 1.74. The van der Waals surface area contributed by atoms with Gasteiger partial charge in [-0.05, 0) is 49.2 Å². The van der Waals surface area contributed by atoms with Crippen LogP contribution in [-0.2, 0) is 6.54 Å². The second-order valence-corrected chi connectivity index (χ2v) is 6.34. The maximum atomic E-state index is 4.45. The summed E-state index contributed by atoms with van der Waals surface area (Å²) in [6.07, 6.45) is 3.60. The molecule has 3 aromatic rings. The molecule has 0 bridgehead atoms. The maximum Gasteiger partial charge on any atom is 0.136 e. The number of aromatic nitrogens is 3. The lowest BCUT2D eigenvalue weighted by Gasteiger charge is -2.11. The molecular weight excluding hydrogens is 366 g/mol. The minimum Gasteiger partial charge on any atom is -0.366 e. The van der Waals surface area contributed by atoms with Crippen molar-refractivity contribution in [1.82, 2.24) is 15.0 Å². The number of hydrogen-bond acceptors (Lipinski definition) is 5. The second-order valence-electron chi connectivity index (χ2n) is 5.49. The molecule has 2 heterocycles. The summed E-state index contributed by atoms with van der Waals surface area (Å²) in [5, 5.41) is 6.64. The number of nitrogens with one attached hydrogen (secondary N) is 2. The van der Waals surface area contributed by atoms with Gasteiger partial charge in [-0.25, -0.2) is 9.97 Å². The average Bonchev–Trinajstić information content (AvgIpc) is 2.57. The van der Waals surface area contributed by atoms with Gasteiger partial charge in [0.15, 0.2) is 0 Å². The van der Waals surface area contributed by atoms with Crippen molar-refractivity contribution in [2.45, 2.75) is 20.4 Å². The third-order valence-electron chi connectivity index (χ3n) is 3.46. The van der Waals surface area contributed by atoms with Crippen LogP contribution in [0.2, 0.25) is 0 Å². The number of benzene rings is 1. The number of aryl methyl sites for hydroxylation is 2. The van der Waals surface area contributed by atoms with Gasteiger partial charge in [0.2, 0.25) is 0 Å². The topological polar surface area (TPSA) is 62.7 Å². The molecule has 0 aliphatic heterocycles. The van der Waals surface area contributed by atoms with Gasteiger partial charge in [0.05, 0.1) is 0 Å². The molecule has 0 aliphatic rings. The Hall–Kier alpha value is -2.47.